The van der Waals surface area contributed by atoms with Crippen molar-refractivity contribution in [3.63, 3.8) is 0 Å². The highest BCUT2D eigenvalue weighted by Crippen LogP contribution is 2.47. The molecule has 1 aliphatic rings. The quantitative estimate of drug-likeness (QED) is 0.820. The van der Waals surface area contributed by atoms with Crippen molar-refractivity contribution in [1.29, 1.82) is 0 Å². The summed E-state index contributed by atoms with van der Waals surface area (Å²) in [5.74, 6) is 3.55. The predicted octanol–water partition coefficient (Wildman–Crippen LogP) is 3.16. The molecule has 2 atom stereocenters. The van der Waals surface area contributed by atoms with Crippen LogP contribution < -0.4 is 5.73 Å². The number of rotatable bonds is 4. The summed E-state index contributed by atoms with van der Waals surface area (Å²) in [6.45, 7) is 5.00. The van der Waals surface area contributed by atoms with Gasteiger partial charge < -0.3 is 10.2 Å². The first-order valence-electron chi connectivity index (χ1n) is 5.73. The molecular formula is C13H19NO. The number of nitrogens with two attached hydrogens (primary N) is 1. The van der Waals surface area contributed by atoms with Crippen LogP contribution in [0.5, 0.6) is 0 Å². The summed E-state index contributed by atoms with van der Waals surface area (Å²) in [5, 5.41) is 0. The minimum absolute atomic E-state index is 0.617. The van der Waals surface area contributed by atoms with E-state index in [4.69, 9.17) is 10.2 Å². The van der Waals surface area contributed by atoms with E-state index in [1.165, 1.54) is 12.0 Å². The summed E-state index contributed by atoms with van der Waals surface area (Å²) in [5.41, 5.74) is 6.86. The van der Waals surface area contributed by atoms with Crippen molar-refractivity contribution < 1.29 is 4.42 Å². The molecule has 1 heterocycles. The van der Waals surface area contributed by atoms with E-state index in [0.717, 1.165) is 23.9 Å². The van der Waals surface area contributed by atoms with Crippen molar-refractivity contribution in [3.8, 4) is 0 Å². The lowest BCUT2D eigenvalue weighted by Gasteiger charge is -1.97. The number of furan rings is 1. The Labute approximate surface area is 91.2 Å². The van der Waals surface area contributed by atoms with E-state index >= 15 is 0 Å². The van der Waals surface area contributed by atoms with E-state index in [0.29, 0.717) is 12.5 Å². The van der Waals surface area contributed by atoms with Crippen molar-refractivity contribution in [2.75, 3.05) is 6.54 Å². The molecule has 1 aromatic rings. The molecule has 1 aromatic heterocycles. The van der Waals surface area contributed by atoms with Crippen LogP contribution in [-0.2, 0) is 0 Å². The molecule has 0 spiro atoms. The molecule has 0 aliphatic heterocycles. The van der Waals surface area contributed by atoms with Crippen molar-refractivity contribution in [2.45, 2.75) is 32.6 Å². The minimum atomic E-state index is 0.617. The first kappa shape index (κ1) is 10.5. The summed E-state index contributed by atoms with van der Waals surface area (Å²) in [7, 11) is 0. The van der Waals surface area contributed by atoms with Gasteiger partial charge >= 0.3 is 0 Å². The number of hydrogen-bond acceptors (Lipinski definition) is 2. The molecule has 15 heavy (non-hydrogen) atoms. The maximum absolute atomic E-state index is 5.78. The standard InChI is InChI=1S/C13H19NO/c1-3-10(8-14)7-11-4-5-13(15-11)12-6-9(12)2/h4-5,7,9,12H,3,6,8,14H2,1-2H3. The maximum atomic E-state index is 5.78. The molecule has 2 unspecified atom stereocenters. The largest absolute Gasteiger partial charge is 0.461 e. The van der Waals surface area contributed by atoms with Gasteiger partial charge in [0.15, 0.2) is 0 Å². The molecule has 1 saturated carbocycles. The van der Waals surface area contributed by atoms with Crippen LogP contribution in [0.2, 0.25) is 0 Å². The van der Waals surface area contributed by atoms with Gasteiger partial charge in [0.05, 0.1) is 0 Å². The summed E-state index contributed by atoms with van der Waals surface area (Å²) in [4.78, 5) is 0. The molecule has 1 aliphatic carbocycles. The van der Waals surface area contributed by atoms with E-state index in [-0.39, 0.29) is 0 Å². The Morgan fingerprint density at radius 2 is 2.33 bits per heavy atom. The third-order valence-corrected chi connectivity index (χ3v) is 3.19. The Morgan fingerprint density at radius 3 is 2.87 bits per heavy atom. The second-order valence-electron chi connectivity index (χ2n) is 4.42. The van der Waals surface area contributed by atoms with E-state index in [1.54, 1.807) is 0 Å². The summed E-state index contributed by atoms with van der Waals surface area (Å²) < 4.78 is 5.78. The van der Waals surface area contributed by atoms with Gasteiger partial charge in [0, 0.05) is 12.5 Å². The van der Waals surface area contributed by atoms with Crippen molar-refractivity contribution in [1.82, 2.24) is 0 Å². The van der Waals surface area contributed by atoms with E-state index in [2.05, 4.69) is 26.0 Å². The predicted molar refractivity (Wildman–Crippen MR) is 62.6 cm³/mol. The molecule has 2 N–H and O–H groups in total. The second kappa shape index (κ2) is 4.23. The van der Waals surface area contributed by atoms with Gasteiger partial charge in [-0.05, 0) is 37.0 Å². The first-order valence-corrected chi connectivity index (χ1v) is 5.73. The van der Waals surface area contributed by atoms with Crippen LogP contribution in [0.3, 0.4) is 0 Å². The molecule has 0 amide bonds. The van der Waals surface area contributed by atoms with Crippen molar-refractivity contribution in [2.24, 2.45) is 11.7 Å². The Bertz CT molecular complexity index is 358. The normalized spacial score (nSPS) is 25.7. The number of hydrogen-bond donors (Lipinski definition) is 1. The molecule has 82 valence electrons. The van der Waals surface area contributed by atoms with Crippen LogP contribution in [0.15, 0.2) is 22.1 Å². The first-order chi connectivity index (χ1) is 7.24. The van der Waals surface area contributed by atoms with Crippen molar-refractivity contribution in [3.05, 3.63) is 29.2 Å². The molecule has 0 radical (unpaired) electrons. The average molecular weight is 205 g/mol. The van der Waals surface area contributed by atoms with Gasteiger partial charge in [0.1, 0.15) is 11.5 Å². The van der Waals surface area contributed by atoms with E-state index in [1.807, 2.05) is 6.07 Å². The average Bonchev–Trinajstić information content (AvgIpc) is 2.80. The molecule has 0 aromatic carbocycles. The lowest BCUT2D eigenvalue weighted by Crippen LogP contribution is -2.01. The smallest absolute Gasteiger partial charge is 0.127 e. The zero-order valence-corrected chi connectivity index (χ0v) is 9.49. The fraction of sp³-hybridized carbons (Fsp3) is 0.538. The Kier molecular flexibility index (Phi) is 2.96. The minimum Gasteiger partial charge on any atom is -0.461 e. The lowest BCUT2D eigenvalue weighted by atomic mass is 10.2. The zero-order chi connectivity index (χ0) is 10.8. The Morgan fingerprint density at radius 1 is 1.60 bits per heavy atom. The van der Waals surface area contributed by atoms with Crippen LogP contribution in [0.4, 0.5) is 0 Å². The van der Waals surface area contributed by atoms with Gasteiger partial charge in [-0.2, -0.15) is 0 Å². The van der Waals surface area contributed by atoms with Crippen LogP contribution >= 0.6 is 0 Å². The van der Waals surface area contributed by atoms with Gasteiger partial charge in [-0.1, -0.05) is 19.4 Å². The molecule has 1 fully saturated rings. The molecular weight excluding hydrogens is 186 g/mol. The molecule has 0 bridgehead atoms. The van der Waals surface area contributed by atoms with Crippen molar-refractivity contribution >= 4 is 6.08 Å². The third kappa shape index (κ3) is 2.32. The van der Waals surface area contributed by atoms with E-state index in [9.17, 15) is 0 Å². The fourth-order valence-corrected chi connectivity index (χ4v) is 1.87. The van der Waals surface area contributed by atoms with Crippen LogP contribution in [0.1, 0.15) is 44.1 Å². The molecule has 2 nitrogen and oxygen atoms in total. The van der Waals surface area contributed by atoms with Gasteiger partial charge in [-0.15, -0.1) is 0 Å². The highest BCUT2D eigenvalue weighted by Gasteiger charge is 2.36. The zero-order valence-electron chi connectivity index (χ0n) is 9.49. The fourth-order valence-electron chi connectivity index (χ4n) is 1.87. The Hall–Kier alpha value is -1.02. The topological polar surface area (TPSA) is 39.2 Å². The third-order valence-electron chi connectivity index (χ3n) is 3.19. The summed E-state index contributed by atoms with van der Waals surface area (Å²) >= 11 is 0. The monoisotopic (exact) mass is 205 g/mol. The molecule has 2 heteroatoms. The van der Waals surface area contributed by atoms with E-state index < -0.39 is 0 Å². The highest BCUT2D eigenvalue weighted by atomic mass is 16.3. The SMILES string of the molecule is CCC(=Cc1ccc(C2CC2C)o1)CN. The maximum Gasteiger partial charge on any atom is 0.127 e. The Balaban J connectivity index is 2.10. The lowest BCUT2D eigenvalue weighted by molar-refractivity contribution is 0.497. The summed E-state index contributed by atoms with van der Waals surface area (Å²) in [6.07, 6.45) is 4.33. The second-order valence-corrected chi connectivity index (χ2v) is 4.42. The molecule has 2 rings (SSSR count). The van der Waals surface area contributed by atoms with Crippen LogP contribution in [0.25, 0.3) is 6.08 Å². The molecule has 0 saturated heterocycles. The highest BCUT2D eigenvalue weighted by molar-refractivity contribution is 5.48. The van der Waals surface area contributed by atoms with Crippen LogP contribution in [0, 0.1) is 5.92 Å². The summed E-state index contributed by atoms with van der Waals surface area (Å²) in [6, 6.07) is 4.15. The van der Waals surface area contributed by atoms with Gasteiger partial charge in [-0.25, -0.2) is 0 Å². The van der Waals surface area contributed by atoms with Gasteiger partial charge in [-0.3, -0.25) is 0 Å². The van der Waals surface area contributed by atoms with Gasteiger partial charge in [0.2, 0.25) is 0 Å². The van der Waals surface area contributed by atoms with Gasteiger partial charge in [0.25, 0.3) is 0 Å². The van der Waals surface area contributed by atoms with Crippen LogP contribution in [-0.4, -0.2) is 6.54 Å².